The van der Waals surface area contributed by atoms with Crippen molar-refractivity contribution < 1.29 is 13.2 Å². The molecule has 0 spiro atoms. The van der Waals surface area contributed by atoms with Gasteiger partial charge in [-0.3, -0.25) is 0 Å². The van der Waals surface area contributed by atoms with Gasteiger partial charge in [0.1, 0.15) is 15.6 Å². The van der Waals surface area contributed by atoms with Crippen molar-refractivity contribution >= 4 is 9.84 Å². The Kier molecular flexibility index (Phi) is 5.05. The van der Waals surface area contributed by atoms with E-state index in [1.807, 2.05) is 18.2 Å². The lowest BCUT2D eigenvalue weighted by Crippen LogP contribution is -2.32. The normalized spacial score (nSPS) is 20.0. The average molecular weight is 297 g/mol. The summed E-state index contributed by atoms with van der Waals surface area (Å²) in [6.07, 6.45) is 2.27. The number of benzene rings is 1. The van der Waals surface area contributed by atoms with E-state index in [2.05, 4.69) is 6.07 Å². The van der Waals surface area contributed by atoms with Crippen LogP contribution in [0.3, 0.4) is 0 Å². The molecule has 2 rings (SSSR count). The van der Waals surface area contributed by atoms with Gasteiger partial charge in [0.25, 0.3) is 0 Å². The molecule has 0 aromatic heterocycles. The molecule has 0 saturated carbocycles. The van der Waals surface area contributed by atoms with E-state index in [0.717, 1.165) is 24.2 Å². The summed E-state index contributed by atoms with van der Waals surface area (Å²) < 4.78 is 28.6. The molecule has 2 N–H and O–H groups in total. The Morgan fingerprint density at radius 1 is 1.40 bits per heavy atom. The summed E-state index contributed by atoms with van der Waals surface area (Å²) in [6.45, 7) is 2.37. The molecule has 1 aliphatic rings. The Morgan fingerprint density at radius 2 is 2.15 bits per heavy atom. The van der Waals surface area contributed by atoms with Gasteiger partial charge in [-0.2, -0.15) is 0 Å². The predicted octanol–water partition coefficient (Wildman–Crippen LogP) is 2.09. The van der Waals surface area contributed by atoms with Gasteiger partial charge in [-0.15, -0.1) is 0 Å². The molecule has 112 valence electrons. The maximum absolute atomic E-state index is 11.5. The topological polar surface area (TPSA) is 69.4 Å². The molecule has 20 heavy (non-hydrogen) atoms. The van der Waals surface area contributed by atoms with Crippen LogP contribution in [0, 0.1) is 0 Å². The van der Waals surface area contributed by atoms with Crippen LogP contribution in [0.2, 0.25) is 0 Å². The van der Waals surface area contributed by atoms with Crippen LogP contribution in [0.25, 0.3) is 0 Å². The molecule has 1 aromatic rings. The monoisotopic (exact) mass is 297 g/mol. The Balaban J connectivity index is 1.95. The van der Waals surface area contributed by atoms with E-state index in [0.29, 0.717) is 13.0 Å². The first kappa shape index (κ1) is 15.3. The number of para-hydroxylation sites is 1. The lowest BCUT2D eigenvalue weighted by atomic mass is 9.85. The second kappa shape index (κ2) is 6.59. The molecule has 0 aliphatic carbocycles. The minimum atomic E-state index is -2.89. The fourth-order valence-corrected chi connectivity index (χ4v) is 3.59. The second-order valence-corrected chi connectivity index (χ2v) is 7.80. The van der Waals surface area contributed by atoms with Gasteiger partial charge >= 0.3 is 0 Å². The Bertz CT molecular complexity index is 542. The first-order valence-corrected chi connectivity index (χ1v) is 9.03. The predicted molar refractivity (Wildman–Crippen MR) is 80.8 cm³/mol. The quantitative estimate of drug-likeness (QED) is 0.873. The number of hydrogen-bond acceptors (Lipinski definition) is 4. The smallest absolute Gasteiger partial charge is 0.150 e. The fraction of sp³-hybridized carbons (Fsp3) is 0.600. The summed E-state index contributed by atoms with van der Waals surface area (Å²) in [5, 5.41) is 0. The molecule has 1 heterocycles. The van der Waals surface area contributed by atoms with E-state index in [-0.39, 0.29) is 23.5 Å². The lowest BCUT2D eigenvalue weighted by Gasteiger charge is -2.30. The molecule has 0 radical (unpaired) electrons. The third-order valence-electron chi connectivity index (χ3n) is 3.95. The van der Waals surface area contributed by atoms with Crippen LogP contribution >= 0.6 is 0 Å². The van der Waals surface area contributed by atoms with Crippen molar-refractivity contribution in [3.05, 3.63) is 29.8 Å². The van der Waals surface area contributed by atoms with Gasteiger partial charge < -0.3 is 10.5 Å². The molecule has 2 atom stereocenters. The van der Waals surface area contributed by atoms with E-state index in [9.17, 15) is 8.42 Å². The van der Waals surface area contributed by atoms with Crippen LogP contribution < -0.4 is 10.5 Å². The van der Waals surface area contributed by atoms with Crippen molar-refractivity contribution in [3.63, 3.8) is 0 Å². The highest BCUT2D eigenvalue weighted by molar-refractivity contribution is 7.91. The molecule has 1 aromatic carbocycles. The molecule has 2 unspecified atom stereocenters. The van der Waals surface area contributed by atoms with Gasteiger partial charge in [0, 0.05) is 17.7 Å². The Hall–Kier alpha value is -1.07. The van der Waals surface area contributed by atoms with Gasteiger partial charge in [-0.25, -0.2) is 8.42 Å². The van der Waals surface area contributed by atoms with E-state index in [1.165, 1.54) is 0 Å². The molecule has 5 heteroatoms. The van der Waals surface area contributed by atoms with Gasteiger partial charge in [-0.05, 0) is 30.9 Å². The highest BCUT2D eigenvalue weighted by Gasteiger charge is 2.26. The van der Waals surface area contributed by atoms with E-state index in [4.69, 9.17) is 10.5 Å². The second-order valence-electron chi connectivity index (χ2n) is 5.32. The Labute approximate surface area is 121 Å². The van der Waals surface area contributed by atoms with Gasteiger partial charge in [0.2, 0.25) is 0 Å². The summed E-state index contributed by atoms with van der Waals surface area (Å²) in [5.74, 6) is 1.63. The zero-order valence-corrected chi connectivity index (χ0v) is 12.7. The summed E-state index contributed by atoms with van der Waals surface area (Å²) in [6, 6.07) is 7.97. The van der Waals surface area contributed by atoms with Gasteiger partial charge in [-0.1, -0.05) is 25.1 Å². The first-order valence-electron chi connectivity index (χ1n) is 7.21. The van der Waals surface area contributed by atoms with Crippen LogP contribution in [0.4, 0.5) is 0 Å². The third kappa shape index (κ3) is 3.73. The largest absolute Gasteiger partial charge is 0.493 e. The molecular weight excluding hydrogens is 274 g/mol. The molecule has 0 amide bonds. The van der Waals surface area contributed by atoms with E-state index in [1.54, 1.807) is 6.92 Å². The molecule has 1 aliphatic heterocycles. The highest BCUT2D eigenvalue weighted by atomic mass is 32.2. The minimum Gasteiger partial charge on any atom is -0.493 e. The van der Waals surface area contributed by atoms with Crippen LogP contribution in [0.15, 0.2) is 24.3 Å². The van der Waals surface area contributed by atoms with Crippen LogP contribution in [0.5, 0.6) is 5.75 Å². The maximum atomic E-state index is 11.5. The Morgan fingerprint density at radius 3 is 2.90 bits per heavy atom. The van der Waals surface area contributed by atoms with Crippen LogP contribution in [-0.2, 0) is 9.84 Å². The standard InChI is InChI=1S/C15H23NO3S/c1-2-20(17,18)11-5-7-14(16)12-9-10-19-15-8-4-3-6-13(12)15/h3-4,6,8,12,14H,2,5,7,9-11,16H2,1H3. The maximum Gasteiger partial charge on any atom is 0.150 e. The number of ether oxygens (including phenoxy) is 1. The molecule has 0 bridgehead atoms. The fourth-order valence-electron chi connectivity index (χ4n) is 2.70. The number of rotatable bonds is 6. The summed E-state index contributed by atoms with van der Waals surface area (Å²) >= 11 is 0. The van der Waals surface area contributed by atoms with E-state index >= 15 is 0 Å². The van der Waals surface area contributed by atoms with Gasteiger partial charge in [0.05, 0.1) is 12.4 Å². The van der Waals surface area contributed by atoms with Crippen molar-refractivity contribution in [1.82, 2.24) is 0 Å². The van der Waals surface area contributed by atoms with Crippen molar-refractivity contribution in [1.29, 1.82) is 0 Å². The number of nitrogens with two attached hydrogens (primary N) is 1. The number of hydrogen-bond donors (Lipinski definition) is 1. The average Bonchev–Trinajstić information content (AvgIpc) is 2.46. The summed E-state index contributed by atoms with van der Waals surface area (Å²) in [4.78, 5) is 0. The lowest BCUT2D eigenvalue weighted by molar-refractivity contribution is 0.252. The first-order chi connectivity index (χ1) is 9.53. The molecule has 0 fully saturated rings. The highest BCUT2D eigenvalue weighted by Crippen LogP contribution is 2.35. The molecule has 4 nitrogen and oxygen atoms in total. The summed E-state index contributed by atoms with van der Waals surface area (Å²) in [7, 11) is -2.89. The molecular formula is C15H23NO3S. The van der Waals surface area contributed by atoms with Crippen molar-refractivity contribution in [3.8, 4) is 5.75 Å². The van der Waals surface area contributed by atoms with Crippen molar-refractivity contribution in [2.75, 3.05) is 18.1 Å². The van der Waals surface area contributed by atoms with Gasteiger partial charge in [0.15, 0.2) is 0 Å². The van der Waals surface area contributed by atoms with E-state index < -0.39 is 9.84 Å². The SMILES string of the molecule is CCS(=O)(=O)CCCC(N)C1CCOc2ccccc21. The van der Waals surface area contributed by atoms with Crippen molar-refractivity contribution in [2.24, 2.45) is 5.73 Å². The van der Waals surface area contributed by atoms with Crippen LogP contribution in [-0.4, -0.2) is 32.6 Å². The van der Waals surface area contributed by atoms with Crippen molar-refractivity contribution in [2.45, 2.75) is 38.1 Å². The third-order valence-corrected chi connectivity index (χ3v) is 5.74. The zero-order valence-electron chi connectivity index (χ0n) is 11.9. The van der Waals surface area contributed by atoms with Crippen LogP contribution in [0.1, 0.15) is 37.7 Å². The number of fused-ring (bicyclic) bond motifs is 1. The number of sulfone groups is 1. The zero-order chi connectivity index (χ0) is 14.6. The summed E-state index contributed by atoms with van der Waals surface area (Å²) in [5.41, 5.74) is 7.44. The molecule has 0 saturated heterocycles. The minimum absolute atomic E-state index is 0.00731.